The van der Waals surface area contributed by atoms with E-state index in [4.69, 9.17) is 0 Å². The standard InChI is InChI=1S/C18H31N3/c1-15(2)19-12-16(3)13-21-11-10-20(4)14-18(21)17-8-6-5-7-9-17/h5-9,15-16,18-19H,10-14H2,1-4H3. The van der Waals surface area contributed by atoms with E-state index in [-0.39, 0.29) is 0 Å². The van der Waals surface area contributed by atoms with Crippen LogP contribution in [0.15, 0.2) is 30.3 Å². The Balaban J connectivity index is 1.98. The van der Waals surface area contributed by atoms with Crippen molar-refractivity contribution in [2.24, 2.45) is 5.92 Å². The first-order chi connectivity index (χ1) is 10.1. The van der Waals surface area contributed by atoms with Crippen molar-refractivity contribution < 1.29 is 0 Å². The van der Waals surface area contributed by atoms with Crippen molar-refractivity contribution in [3.8, 4) is 0 Å². The SMILES string of the molecule is CC(CNC(C)C)CN1CCN(C)CC1c1ccccc1. The van der Waals surface area contributed by atoms with Gasteiger partial charge in [0.1, 0.15) is 0 Å². The Morgan fingerprint density at radius 1 is 1.14 bits per heavy atom. The summed E-state index contributed by atoms with van der Waals surface area (Å²) in [7, 11) is 2.23. The zero-order valence-corrected chi connectivity index (χ0v) is 14.0. The van der Waals surface area contributed by atoms with E-state index in [1.54, 1.807) is 0 Å². The number of piperazine rings is 1. The quantitative estimate of drug-likeness (QED) is 0.868. The number of hydrogen-bond acceptors (Lipinski definition) is 3. The lowest BCUT2D eigenvalue weighted by Gasteiger charge is -2.41. The van der Waals surface area contributed by atoms with Crippen molar-refractivity contribution in [3.63, 3.8) is 0 Å². The minimum absolute atomic E-state index is 0.534. The molecule has 1 N–H and O–H groups in total. The van der Waals surface area contributed by atoms with Crippen LogP contribution in [0.25, 0.3) is 0 Å². The van der Waals surface area contributed by atoms with Gasteiger partial charge in [-0.25, -0.2) is 0 Å². The van der Waals surface area contributed by atoms with Crippen molar-refractivity contribution in [2.45, 2.75) is 32.9 Å². The van der Waals surface area contributed by atoms with Crippen LogP contribution in [-0.2, 0) is 0 Å². The van der Waals surface area contributed by atoms with Crippen LogP contribution in [0.3, 0.4) is 0 Å². The summed E-state index contributed by atoms with van der Waals surface area (Å²) < 4.78 is 0. The van der Waals surface area contributed by atoms with Crippen molar-refractivity contribution in [2.75, 3.05) is 39.8 Å². The third kappa shape index (κ3) is 5.10. The van der Waals surface area contributed by atoms with Gasteiger partial charge in [0.05, 0.1) is 0 Å². The Hall–Kier alpha value is -0.900. The number of hydrogen-bond donors (Lipinski definition) is 1. The van der Waals surface area contributed by atoms with Crippen molar-refractivity contribution >= 4 is 0 Å². The van der Waals surface area contributed by atoms with E-state index in [0.29, 0.717) is 18.0 Å². The monoisotopic (exact) mass is 289 g/mol. The number of nitrogens with zero attached hydrogens (tertiary/aromatic N) is 2. The van der Waals surface area contributed by atoms with E-state index in [0.717, 1.165) is 13.1 Å². The van der Waals surface area contributed by atoms with E-state index >= 15 is 0 Å². The molecule has 0 amide bonds. The van der Waals surface area contributed by atoms with Crippen LogP contribution in [0, 0.1) is 5.92 Å². The molecule has 2 unspecified atom stereocenters. The van der Waals surface area contributed by atoms with Crippen LogP contribution < -0.4 is 5.32 Å². The molecule has 0 aromatic heterocycles. The summed E-state index contributed by atoms with van der Waals surface area (Å²) in [6.45, 7) is 12.5. The van der Waals surface area contributed by atoms with Crippen molar-refractivity contribution in [1.29, 1.82) is 0 Å². The Morgan fingerprint density at radius 2 is 1.86 bits per heavy atom. The molecule has 0 aliphatic carbocycles. The highest BCUT2D eigenvalue weighted by atomic mass is 15.3. The number of likely N-dealkylation sites (N-methyl/N-ethyl adjacent to an activating group) is 1. The fourth-order valence-electron chi connectivity index (χ4n) is 3.07. The van der Waals surface area contributed by atoms with Gasteiger partial charge in [-0.3, -0.25) is 4.90 Å². The Labute approximate surface area is 130 Å². The van der Waals surface area contributed by atoms with Crippen LogP contribution in [-0.4, -0.2) is 55.6 Å². The van der Waals surface area contributed by atoms with E-state index in [9.17, 15) is 0 Å². The van der Waals surface area contributed by atoms with Gasteiger partial charge in [-0.15, -0.1) is 0 Å². The fraction of sp³-hybridized carbons (Fsp3) is 0.667. The molecular formula is C18H31N3. The van der Waals surface area contributed by atoms with Gasteiger partial charge >= 0.3 is 0 Å². The second-order valence-corrected chi connectivity index (χ2v) is 6.85. The average molecular weight is 289 g/mol. The summed E-state index contributed by atoms with van der Waals surface area (Å²) in [5, 5.41) is 3.56. The van der Waals surface area contributed by atoms with Crippen molar-refractivity contribution in [1.82, 2.24) is 15.1 Å². The van der Waals surface area contributed by atoms with Crippen molar-refractivity contribution in [3.05, 3.63) is 35.9 Å². The molecule has 1 heterocycles. The summed E-state index contributed by atoms with van der Waals surface area (Å²) in [5.41, 5.74) is 1.45. The molecule has 118 valence electrons. The summed E-state index contributed by atoms with van der Waals surface area (Å²) in [4.78, 5) is 5.12. The third-order valence-corrected chi connectivity index (χ3v) is 4.30. The minimum Gasteiger partial charge on any atom is -0.314 e. The van der Waals surface area contributed by atoms with E-state index in [2.05, 4.69) is 73.3 Å². The molecule has 1 aliphatic rings. The first kappa shape index (κ1) is 16.5. The van der Waals surface area contributed by atoms with Crippen LogP contribution in [0.5, 0.6) is 0 Å². The molecule has 1 aromatic carbocycles. The fourth-order valence-corrected chi connectivity index (χ4v) is 3.07. The minimum atomic E-state index is 0.534. The summed E-state index contributed by atoms with van der Waals surface area (Å²) in [6.07, 6.45) is 0. The molecule has 1 saturated heterocycles. The Kier molecular flexibility index (Phi) is 6.22. The first-order valence-electron chi connectivity index (χ1n) is 8.27. The van der Waals surface area contributed by atoms with Gasteiger partial charge in [-0.1, -0.05) is 51.1 Å². The third-order valence-electron chi connectivity index (χ3n) is 4.30. The molecule has 2 atom stereocenters. The van der Waals surface area contributed by atoms with Gasteiger partial charge in [-0.2, -0.15) is 0 Å². The van der Waals surface area contributed by atoms with Crippen LogP contribution in [0.4, 0.5) is 0 Å². The van der Waals surface area contributed by atoms with Crippen LogP contribution >= 0.6 is 0 Å². The molecule has 0 spiro atoms. The van der Waals surface area contributed by atoms with Gasteiger partial charge in [0.15, 0.2) is 0 Å². The Bertz CT molecular complexity index is 404. The van der Waals surface area contributed by atoms with E-state index in [1.807, 2.05) is 0 Å². The van der Waals surface area contributed by atoms with Gasteiger partial charge in [0, 0.05) is 38.3 Å². The number of benzene rings is 1. The molecule has 21 heavy (non-hydrogen) atoms. The molecule has 0 radical (unpaired) electrons. The normalized spacial score (nSPS) is 22.6. The highest BCUT2D eigenvalue weighted by Crippen LogP contribution is 2.25. The molecule has 3 heteroatoms. The molecular weight excluding hydrogens is 258 g/mol. The lowest BCUT2D eigenvalue weighted by Crippen LogP contribution is -2.49. The molecule has 2 rings (SSSR count). The predicted octanol–water partition coefficient (Wildman–Crippen LogP) is 2.61. The lowest BCUT2D eigenvalue weighted by atomic mass is 10.0. The smallest absolute Gasteiger partial charge is 0.0475 e. The maximum Gasteiger partial charge on any atom is 0.0475 e. The summed E-state index contributed by atoms with van der Waals surface area (Å²) >= 11 is 0. The summed E-state index contributed by atoms with van der Waals surface area (Å²) in [6, 6.07) is 12.1. The largest absolute Gasteiger partial charge is 0.314 e. The lowest BCUT2D eigenvalue weighted by molar-refractivity contribution is 0.0769. The number of rotatable bonds is 6. The van der Waals surface area contributed by atoms with Gasteiger partial charge in [-0.05, 0) is 25.1 Å². The van der Waals surface area contributed by atoms with E-state index < -0.39 is 0 Å². The molecule has 0 saturated carbocycles. The molecule has 3 nitrogen and oxygen atoms in total. The first-order valence-corrected chi connectivity index (χ1v) is 8.27. The molecule has 1 fully saturated rings. The Morgan fingerprint density at radius 3 is 2.52 bits per heavy atom. The molecule has 1 aliphatic heterocycles. The van der Waals surface area contributed by atoms with Crippen LogP contribution in [0.2, 0.25) is 0 Å². The van der Waals surface area contributed by atoms with Gasteiger partial charge < -0.3 is 10.2 Å². The zero-order valence-electron chi connectivity index (χ0n) is 14.0. The molecule has 1 aromatic rings. The van der Waals surface area contributed by atoms with Gasteiger partial charge in [0.25, 0.3) is 0 Å². The van der Waals surface area contributed by atoms with E-state index in [1.165, 1.54) is 25.2 Å². The maximum absolute atomic E-state index is 3.56. The topological polar surface area (TPSA) is 18.5 Å². The highest BCUT2D eigenvalue weighted by molar-refractivity contribution is 5.20. The second kappa shape index (κ2) is 7.92. The maximum atomic E-state index is 3.56. The number of nitrogens with one attached hydrogen (secondary N) is 1. The molecule has 0 bridgehead atoms. The average Bonchev–Trinajstić information content (AvgIpc) is 2.48. The zero-order chi connectivity index (χ0) is 15.2. The van der Waals surface area contributed by atoms with Gasteiger partial charge in [0.2, 0.25) is 0 Å². The second-order valence-electron chi connectivity index (χ2n) is 6.85. The predicted molar refractivity (Wildman–Crippen MR) is 90.6 cm³/mol. The highest BCUT2D eigenvalue weighted by Gasteiger charge is 2.27. The van der Waals surface area contributed by atoms with Crippen LogP contribution in [0.1, 0.15) is 32.4 Å². The summed E-state index contributed by atoms with van der Waals surface area (Å²) in [5.74, 6) is 0.682.